The van der Waals surface area contributed by atoms with Gasteiger partial charge in [0.05, 0.1) is 0 Å². The van der Waals surface area contributed by atoms with E-state index in [4.69, 9.17) is 5.73 Å². The fraction of sp³-hybridized carbons (Fsp3) is 0.571. The Morgan fingerprint density at radius 2 is 1.76 bits per heavy atom. The van der Waals surface area contributed by atoms with Gasteiger partial charge in [0, 0.05) is 19.1 Å². The highest BCUT2D eigenvalue weighted by Gasteiger charge is 2.20. The molecule has 1 aromatic rings. The first-order valence-electron chi connectivity index (χ1n) is 5.99. The normalized spacial score (nSPS) is 14.1. The Kier molecular flexibility index (Phi) is 4.66. The summed E-state index contributed by atoms with van der Waals surface area (Å²) in [5.41, 5.74) is 7.12. The van der Waals surface area contributed by atoms with Crippen LogP contribution in [0.4, 0.5) is 4.39 Å². The van der Waals surface area contributed by atoms with Crippen LogP contribution in [0.1, 0.15) is 32.4 Å². The maximum atomic E-state index is 12.9. The molecule has 2 N–H and O–H groups in total. The molecule has 0 saturated carbocycles. The van der Waals surface area contributed by atoms with Crippen LogP contribution in [-0.2, 0) is 0 Å². The quantitative estimate of drug-likeness (QED) is 0.874. The summed E-state index contributed by atoms with van der Waals surface area (Å²) in [4.78, 5) is 2.23. The first kappa shape index (κ1) is 14.1. The molecule has 0 radical (unpaired) electrons. The van der Waals surface area contributed by atoms with E-state index in [-0.39, 0.29) is 17.3 Å². The van der Waals surface area contributed by atoms with Gasteiger partial charge in [-0.15, -0.1) is 0 Å². The predicted octanol–water partition coefficient (Wildman–Crippen LogP) is 2.80. The van der Waals surface area contributed by atoms with Crippen molar-refractivity contribution in [2.45, 2.75) is 26.8 Å². The lowest BCUT2D eigenvalue weighted by molar-refractivity contribution is 0.175. The van der Waals surface area contributed by atoms with Crippen molar-refractivity contribution < 1.29 is 4.39 Å². The van der Waals surface area contributed by atoms with E-state index < -0.39 is 0 Å². The molecule has 0 aliphatic heterocycles. The number of rotatable bonds is 4. The summed E-state index contributed by atoms with van der Waals surface area (Å²) < 4.78 is 12.9. The zero-order valence-corrected chi connectivity index (χ0v) is 11.2. The molecule has 1 atom stereocenters. The first-order chi connectivity index (χ1) is 7.83. The van der Waals surface area contributed by atoms with Crippen molar-refractivity contribution in [3.63, 3.8) is 0 Å². The molecule has 0 aliphatic rings. The van der Waals surface area contributed by atoms with Crippen LogP contribution in [0.25, 0.3) is 0 Å². The van der Waals surface area contributed by atoms with Gasteiger partial charge in [0.15, 0.2) is 0 Å². The molecule has 0 aliphatic carbocycles. The fourth-order valence-corrected chi connectivity index (χ4v) is 2.11. The molecule has 96 valence electrons. The van der Waals surface area contributed by atoms with E-state index >= 15 is 0 Å². The molecule has 1 unspecified atom stereocenters. The Morgan fingerprint density at radius 1 is 1.24 bits per heavy atom. The van der Waals surface area contributed by atoms with Gasteiger partial charge in [-0.05, 0) is 30.2 Å². The summed E-state index contributed by atoms with van der Waals surface area (Å²) >= 11 is 0. The van der Waals surface area contributed by atoms with Crippen LogP contribution in [0, 0.1) is 11.2 Å². The lowest BCUT2D eigenvalue weighted by Gasteiger charge is -2.33. The molecule has 2 nitrogen and oxygen atoms in total. The van der Waals surface area contributed by atoms with Crippen molar-refractivity contribution in [2.24, 2.45) is 11.1 Å². The Morgan fingerprint density at radius 3 is 2.18 bits per heavy atom. The number of nitrogens with two attached hydrogens (primary N) is 1. The third kappa shape index (κ3) is 4.44. The van der Waals surface area contributed by atoms with Crippen LogP contribution >= 0.6 is 0 Å². The average molecular weight is 238 g/mol. The smallest absolute Gasteiger partial charge is 0.123 e. The van der Waals surface area contributed by atoms with Gasteiger partial charge in [-0.1, -0.05) is 32.9 Å². The van der Waals surface area contributed by atoms with Crippen LogP contribution in [0.15, 0.2) is 24.3 Å². The molecule has 0 amide bonds. The van der Waals surface area contributed by atoms with Gasteiger partial charge in [0.2, 0.25) is 0 Å². The first-order valence-corrected chi connectivity index (χ1v) is 5.99. The highest BCUT2D eigenvalue weighted by molar-refractivity contribution is 5.20. The van der Waals surface area contributed by atoms with Crippen molar-refractivity contribution in [3.05, 3.63) is 35.6 Å². The molecule has 0 spiro atoms. The summed E-state index contributed by atoms with van der Waals surface area (Å²) in [6, 6.07) is 6.75. The Hall–Kier alpha value is -0.930. The number of halogens is 1. The van der Waals surface area contributed by atoms with E-state index in [1.165, 1.54) is 12.1 Å². The van der Waals surface area contributed by atoms with Gasteiger partial charge in [0.25, 0.3) is 0 Å². The molecule has 3 heteroatoms. The number of likely N-dealkylation sites (N-methyl/N-ethyl adjacent to an activating group) is 1. The van der Waals surface area contributed by atoms with Gasteiger partial charge >= 0.3 is 0 Å². The molecule has 0 fully saturated rings. The zero-order valence-electron chi connectivity index (χ0n) is 11.2. The van der Waals surface area contributed by atoms with Crippen molar-refractivity contribution in [1.29, 1.82) is 0 Å². The summed E-state index contributed by atoms with van der Waals surface area (Å²) in [6.07, 6.45) is 0. The standard InChI is InChI=1S/C14H23FN2/c1-14(2,3)10-17(4)13(9-16)11-5-7-12(15)8-6-11/h5-8,13H,9-10,16H2,1-4H3. The van der Waals surface area contributed by atoms with Crippen LogP contribution in [0.3, 0.4) is 0 Å². The topological polar surface area (TPSA) is 29.3 Å². The summed E-state index contributed by atoms with van der Waals surface area (Å²) in [7, 11) is 2.06. The van der Waals surface area contributed by atoms with Gasteiger partial charge in [-0.2, -0.15) is 0 Å². The SMILES string of the molecule is CN(CC(C)(C)C)C(CN)c1ccc(F)cc1. The van der Waals surface area contributed by atoms with E-state index in [0.29, 0.717) is 6.54 Å². The van der Waals surface area contributed by atoms with E-state index in [1.54, 1.807) is 0 Å². The summed E-state index contributed by atoms with van der Waals surface area (Å²) in [5.74, 6) is -0.206. The van der Waals surface area contributed by atoms with Crippen molar-refractivity contribution in [3.8, 4) is 0 Å². The van der Waals surface area contributed by atoms with E-state index in [0.717, 1.165) is 12.1 Å². The van der Waals surface area contributed by atoms with Crippen LogP contribution < -0.4 is 5.73 Å². The Balaban J connectivity index is 2.80. The Labute approximate surface area is 104 Å². The molecule has 17 heavy (non-hydrogen) atoms. The summed E-state index contributed by atoms with van der Waals surface area (Å²) in [5, 5.41) is 0. The number of hydrogen-bond donors (Lipinski definition) is 1. The minimum absolute atomic E-state index is 0.148. The third-order valence-corrected chi connectivity index (χ3v) is 2.73. The molecule has 0 saturated heterocycles. The number of benzene rings is 1. The minimum Gasteiger partial charge on any atom is -0.329 e. The predicted molar refractivity (Wildman–Crippen MR) is 70.3 cm³/mol. The molecular weight excluding hydrogens is 215 g/mol. The number of hydrogen-bond acceptors (Lipinski definition) is 2. The highest BCUT2D eigenvalue weighted by Crippen LogP contribution is 2.23. The second-order valence-electron chi connectivity index (χ2n) is 5.78. The van der Waals surface area contributed by atoms with E-state index in [1.807, 2.05) is 12.1 Å². The number of nitrogens with zero attached hydrogens (tertiary/aromatic N) is 1. The van der Waals surface area contributed by atoms with Gasteiger partial charge in [-0.3, -0.25) is 4.90 Å². The second kappa shape index (κ2) is 5.61. The van der Waals surface area contributed by atoms with Crippen molar-refractivity contribution in [2.75, 3.05) is 20.1 Å². The fourth-order valence-electron chi connectivity index (χ4n) is 2.11. The Bertz CT molecular complexity index is 340. The average Bonchev–Trinajstić information content (AvgIpc) is 2.19. The van der Waals surface area contributed by atoms with Crippen LogP contribution in [0.5, 0.6) is 0 Å². The zero-order chi connectivity index (χ0) is 13.1. The summed E-state index contributed by atoms with van der Waals surface area (Å²) in [6.45, 7) is 8.08. The molecule has 0 heterocycles. The molecule has 0 bridgehead atoms. The molecule has 1 aromatic carbocycles. The van der Waals surface area contributed by atoms with Gasteiger partial charge < -0.3 is 5.73 Å². The minimum atomic E-state index is -0.206. The van der Waals surface area contributed by atoms with Gasteiger partial charge in [0.1, 0.15) is 5.82 Å². The van der Waals surface area contributed by atoms with Crippen LogP contribution in [0.2, 0.25) is 0 Å². The van der Waals surface area contributed by atoms with E-state index in [2.05, 4.69) is 32.7 Å². The highest BCUT2D eigenvalue weighted by atomic mass is 19.1. The second-order valence-corrected chi connectivity index (χ2v) is 5.78. The maximum Gasteiger partial charge on any atom is 0.123 e. The van der Waals surface area contributed by atoms with Crippen molar-refractivity contribution in [1.82, 2.24) is 4.90 Å². The maximum absolute atomic E-state index is 12.9. The molecule has 1 rings (SSSR count). The largest absolute Gasteiger partial charge is 0.329 e. The van der Waals surface area contributed by atoms with E-state index in [9.17, 15) is 4.39 Å². The lowest BCUT2D eigenvalue weighted by atomic mass is 9.94. The lowest BCUT2D eigenvalue weighted by Crippen LogP contribution is -2.36. The van der Waals surface area contributed by atoms with Gasteiger partial charge in [-0.25, -0.2) is 4.39 Å². The van der Waals surface area contributed by atoms with Crippen LogP contribution in [-0.4, -0.2) is 25.0 Å². The molecular formula is C14H23FN2. The van der Waals surface area contributed by atoms with Crippen molar-refractivity contribution >= 4 is 0 Å². The monoisotopic (exact) mass is 238 g/mol. The molecule has 0 aromatic heterocycles. The third-order valence-electron chi connectivity index (χ3n) is 2.73.